The normalized spacial score (nSPS) is 18.4. The molecule has 4 heteroatoms. The third-order valence-electron chi connectivity index (χ3n) is 18.3. The molecule has 0 spiro atoms. The molecule has 1 radical (unpaired) electrons. The molecule has 13 rings (SSSR count). The van der Waals surface area contributed by atoms with Gasteiger partial charge in [0.1, 0.15) is 5.58 Å². The number of hydrogen-bond donors (Lipinski definition) is 1. The Labute approximate surface area is 422 Å². The highest BCUT2D eigenvalue weighted by atomic mass is 16.3. The summed E-state index contributed by atoms with van der Waals surface area (Å²) < 4.78 is 9.26. The molecule has 9 aromatic rings. The van der Waals surface area contributed by atoms with Crippen LogP contribution in [0.4, 0.5) is 11.4 Å². The summed E-state index contributed by atoms with van der Waals surface area (Å²) >= 11 is 0. The summed E-state index contributed by atoms with van der Waals surface area (Å²) in [6.45, 7) is 31.6. The molecule has 0 atom stereocenters. The number of aromatic nitrogens is 1. The zero-order chi connectivity index (χ0) is 49.5. The van der Waals surface area contributed by atoms with Crippen LogP contribution in [0.5, 0.6) is 0 Å². The lowest BCUT2D eigenvalue weighted by atomic mass is 9.56. The zero-order valence-corrected chi connectivity index (χ0v) is 44.3. The Hall–Kier alpha value is -6.26. The molecule has 3 nitrogen and oxygen atoms in total. The smallest absolute Gasteiger partial charge is 0.198 e. The molecule has 2 aromatic heterocycles. The van der Waals surface area contributed by atoms with E-state index in [1.165, 1.54) is 99.6 Å². The molecular formula is C67H68BN2O. The van der Waals surface area contributed by atoms with E-state index in [0.29, 0.717) is 0 Å². The van der Waals surface area contributed by atoms with Gasteiger partial charge in [-0.2, -0.15) is 0 Å². The largest absolute Gasteiger partial charge is 0.464 e. The fourth-order valence-electron chi connectivity index (χ4n) is 13.8. The molecule has 355 valence electrons. The van der Waals surface area contributed by atoms with Gasteiger partial charge >= 0.3 is 0 Å². The lowest BCUT2D eigenvalue weighted by Gasteiger charge is -2.43. The van der Waals surface area contributed by atoms with Gasteiger partial charge < -0.3 is 14.3 Å². The highest BCUT2D eigenvalue weighted by Gasteiger charge is 2.46. The van der Waals surface area contributed by atoms with Crippen LogP contribution >= 0.6 is 0 Å². The van der Waals surface area contributed by atoms with Crippen LogP contribution in [0.3, 0.4) is 0 Å². The zero-order valence-electron chi connectivity index (χ0n) is 44.3. The molecule has 3 heterocycles. The van der Waals surface area contributed by atoms with E-state index in [1.54, 1.807) is 0 Å². The van der Waals surface area contributed by atoms with Crippen LogP contribution in [-0.2, 0) is 32.5 Å². The van der Waals surface area contributed by atoms with Crippen molar-refractivity contribution in [3.05, 3.63) is 160 Å². The van der Waals surface area contributed by atoms with Crippen molar-refractivity contribution < 1.29 is 4.42 Å². The Kier molecular flexibility index (Phi) is 9.10. The first-order chi connectivity index (χ1) is 33.5. The van der Waals surface area contributed by atoms with Crippen LogP contribution in [0.15, 0.2) is 126 Å². The van der Waals surface area contributed by atoms with E-state index in [2.05, 4.69) is 222 Å². The van der Waals surface area contributed by atoms with Gasteiger partial charge in [0, 0.05) is 55.3 Å². The van der Waals surface area contributed by atoms with Gasteiger partial charge in [-0.3, -0.25) is 0 Å². The summed E-state index contributed by atoms with van der Waals surface area (Å²) in [6.07, 6.45) is 6.58. The Bertz CT molecular complexity index is 3750. The molecule has 1 aliphatic heterocycles. The molecule has 0 saturated heterocycles. The Morgan fingerprint density at radius 2 is 1.17 bits per heavy atom. The molecule has 0 unspecified atom stereocenters. The summed E-state index contributed by atoms with van der Waals surface area (Å²) in [5, 5.41) is 8.00. The molecular weight excluding hydrogens is 860 g/mol. The second-order valence-electron chi connectivity index (χ2n) is 26.2. The van der Waals surface area contributed by atoms with Crippen molar-refractivity contribution in [1.29, 1.82) is 0 Å². The van der Waals surface area contributed by atoms with Gasteiger partial charge in [0.25, 0.3) is 0 Å². The van der Waals surface area contributed by atoms with Gasteiger partial charge in [0.15, 0.2) is 7.28 Å². The van der Waals surface area contributed by atoms with E-state index in [4.69, 9.17) is 4.42 Å². The molecule has 0 saturated carbocycles. The maximum absolute atomic E-state index is 6.57. The molecule has 71 heavy (non-hydrogen) atoms. The van der Waals surface area contributed by atoms with E-state index in [9.17, 15) is 0 Å². The van der Waals surface area contributed by atoms with E-state index >= 15 is 0 Å². The molecule has 1 N–H and O–H groups in total. The van der Waals surface area contributed by atoms with Gasteiger partial charge in [-0.1, -0.05) is 162 Å². The number of rotatable bonds is 4. The van der Waals surface area contributed by atoms with Crippen molar-refractivity contribution in [2.75, 3.05) is 5.32 Å². The summed E-state index contributed by atoms with van der Waals surface area (Å²) in [5.74, 6) is 0. The van der Waals surface area contributed by atoms with E-state index in [1.807, 2.05) is 6.26 Å². The van der Waals surface area contributed by atoms with Crippen molar-refractivity contribution in [3.8, 4) is 39.1 Å². The van der Waals surface area contributed by atoms with Crippen LogP contribution in [0.2, 0.25) is 0 Å². The van der Waals surface area contributed by atoms with Crippen molar-refractivity contribution in [3.63, 3.8) is 0 Å². The summed E-state index contributed by atoms with van der Waals surface area (Å²) in [7, 11) is 2.54. The number of fused-ring (bicyclic) bond motifs is 12. The maximum atomic E-state index is 6.57. The number of furan rings is 1. The Balaban J connectivity index is 1.22. The second-order valence-corrected chi connectivity index (χ2v) is 26.2. The summed E-state index contributed by atoms with van der Waals surface area (Å²) in [6, 6.07) is 44.5. The van der Waals surface area contributed by atoms with Crippen molar-refractivity contribution in [2.45, 2.75) is 148 Å². The minimum absolute atomic E-state index is 0.000715. The van der Waals surface area contributed by atoms with Crippen molar-refractivity contribution in [1.82, 2.24) is 4.57 Å². The van der Waals surface area contributed by atoms with Crippen LogP contribution < -0.4 is 16.2 Å². The predicted molar refractivity (Wildman–Crippen MR) is 303 cm³/mol. The fourth-order valence-corrected chi connectivity index (χ4v) is 13.8. The summed E-state index contributed by atoms with van der Waals surface area (Å²) in [4.78, 5) is 0. The standard InChI is InChI=1S/C67H68BN2O/c1-62(2,3)39-23-25-40(26-24-39)69-52-34-49-47(63(4,5)27-29-65(49,8)9)31-43(52)58-59-56(41-21-17-18-22-46(41)67(59,12)13)57-44-32-48-50(66(10,11)30-28-64(48,6)7)35-53(44)70-54-33-42-45(38-19-15-14-16-20-38)37-71-55(42)36-51(54)68-60(58)61(57)70/h14-26,31-37,69H,27-30H2,1-13H3. The predicted octanol–water partition coefficient (Wildman–Crippen LogP) is 16.9. The highest BCUT2D eigenvalue weighted by Crippen LogP contribution is 2.59. The van der Waals surface area contributed by atoms with E-state index < -0.39 is 0 Å². The Morgan fingerprint density at radius 3 is 1.83 bits per heavy atom. The number of nitrogens with zero attached hydrogens (tertiary/aromatic N) is 1. The number of hydrogen-bond acceptors (Lipinski definition) is 2. The average Bonchev–Trinajstić information content (AvgIpc) is 3.97. The lowest BCUT2D eigenvalue weighted by molar-refractivity contribution is 0.332. The van der Waals surface area contributed by atoms with Crippen LogP contribution in [0.1, 0.15) is 155 Å². The number of benzene rings is 7. The van der Waals surface area contributed by atoms with Gasteiger partial charge in [0.2, 0.25) is 0 Å². The monoisotopic (exact) mass is 928 g/mol. The van der Waals surface area contributed by atoms with Gasteiger partial charge in [-0.05, 0) is 168 Å². The van der Waals surface area contributed by atoms with E-state index in [0.717, 1.165) is 59.2 Å². The summed E-state index contributed by atoms with van der Waals surface area (Å²) in [5.41, 5.74) is 27.0. The second kappa shape index (κ2) is 14.5. The van der Waals surface area contributed by atoms with E-state index in [-0.39, 0.29) is 32.5 Å². The third kappa shape index (κ3) is 6.34. The molecule has 7 aromatic carbocycles. The van der Waals surface area contributed by atoms with Gasteiger partial charge in [-0.15, -0.1) is 0 Å². The highest BCUT2D eigenvalue weighted by molar-refractivity contribution is 6.74. The maximum Gasteiger partial charge on any atom is 0.198 e. The molecule has 4 aliphatic rings. The minimum atomic E-state index is -0.310. The first kappa shape index (κ1) is 44.7. The topological polar surface area (TPSA) is 30.1 Å². The third-order valence-corrected chi connectivity index (χ3v) is 18.3. The van der Waals surface area contributed by atoms with Gasteiger partial charge in [-0.25, -0.2) is 0 Å². The Morgan fingerprint density at radius 1 is 0.563 bits per heavy atom. The number of nitrogens with one attached hydrogen (secondary N) is 1. The lowest BCUT2D eigenvalue weighted by Crippen LogP contribution is -2.39. The first-order valence-electron chi connectivity index (χ1n) is 26.4. The van der Waals surface area contributed by atoms with Crippen molar-refractivity contribution >= 4 is 62.4 Å². The van der Waals surface area contributed by atoms with Crippen LogP contribution in [0, 0.1) is 0 Å². The molecule has 0 amide bonds. The molecule has 3 aliphatic carbocycles. The minimum Gasteiger partial charge on any atom is -0.464 e. The number of anilines is 2. The molecule has 0 bridgehead atoms. The first-order valence-corrected chi connectivity index (χ1v) is 26.4. The van der Waals surface area contributed by atoms with Crippen LogP contribution in [-0.4, -0.2) is 11.8 Å². The average molecular weight is 928 g/mol. The quantitative estimate of drug-likeness (QED) is 0.178. The van der Waals surface area contributed by atoms with Crippen LogP contribution in [0.25, 0.3) is 71.8 Å². The van der Waals surface area contributed by atoms with Crippen molar-refractivity contribution in [2.24, 2.45) is 0 Å². The fraction of sp³-hybridized carbons (Fsp3) is 0.343. The SMILES string of the molecule is CC(C)(C)c1ccc(Nc2cc3c(cc2-c2c4c(c5c6cc7c(cc6n6c5c2[B]c2cc5occ(-c8ccccc8)c5cc2-6)C(C)(C)CCC7(C)C)-c2ccccc2C4(C)C)C(C)(C)CCC3(C)C)cc1. The molecule has 0 fully saturated rings. The van der Waals surface area contributed by atoms with Gasteiger partial charge in [0.05, 0.1) is 11.8 Å².